The van der Waals surface area contributed by atoms with Gasteiger partial charge in [-0.3, -0.25) is 0 Å². The molecule has 12 heavy (non-hydrogen) atoms. The molecule has 0 radical (unpaired) electrons. The first kappa shape index (κ1) is 7.76. The highest BCUT2D eigenvalue weighted by Crippen LogP contribution is 2.22. The average molecular weight is 168 g/mol. The monoisotopic (exact) mass is 168 g/mol. The van der Waals surface area contributed by atoms with E-state index in [2.05, 4.69) is 10.3 Å². The van der Waals surface area contributed by atoms with Crippen molar-refractivity contribution in [1.29, 1.82) is 0 Å². The molecule has 66 valence electrons. The molecule has 0 aliphatic carbocycles. The summed E-state index contributed by atoms with van der Waals surface area (Å²) in [6.45, 7) is 2.64. The van der Waals surface area contributed by atoms with Crippen molar-refractivity contribution in [2.75, 3.05) is 6.54 Å². The van der Waals surface area contributed by atoms with Crippen LogP contribution in [-0.4, -0.2) is 22.7 Å². The zero-order valence-electron chi connectivity index (χ0n) is 6.95. The Morgan fingerprint density at radius 1 is 1.75 bits per heavy atom. The lowest BCUT2D eigenvalue weighted by Crippen LogP contribution is -2.21. The molecule has 1 fully saturated rings. The lowest BCUT2D eigenvalue weighted by Gasteiger charge is -2.10. The van der Waals surface area contributed by atoms with Gasteiger partial charge in [0.25, 0.3) is 0 Å². The maximum atomic E-state index is 9.51. The van der Waals surface area contributed by atoms with Gasteiger partial charge >= 0.3 is 0 Å². The predicted octanol–water partition coefficient (Wildman–Crippen LogP) is 0.378. The second kappa shape index (κ2) is 2.88. The molecule has 0 saturated carbocycles. The summed E-state index contributed by atoms with van der Waals surface area (Å²) in [5.74, 6) is 0.644. The molecule has 0 bridgehead atoms. The van der Waals surface area contributed by atoms with Crippen LogP contribution in [-0.2, 0) is 0 Å². The quantitative estimate of drug-likeness (QED) is 0.636. The summed E-state index contributed by atoms with van der Waals surface area (Å²) >= 11 is 0. The van der Waals surface area contributed by atoms with Crippen molar-refractivity contribution in [3.05, 3.63) is 17.8 Å². The molecule has 0 spiro atoms. The van der Waals surface area contributed by atoms with E-state index in [1.165, 1.54) is 0 Å². The zero-order valence-corrected chi connectivity index (χ0v) is 6.95. The molecule has 2 heterocycles. The predicted molar refractivity (Wildman–Crippen MR) is 42.6 cm³/mol. The largest absolute Gasteiger partial charge is 0.449 e. The van der Waals surface area contributed by atoms with Crippen LogP contribution < -0.4 is 5.32 Å². The van der Waals surface area contributed by atoms with E-state index in [0.29, 0.717) is 5.89 Å². The van der Waals surface area contributed by atoms with Crippen LogP contribution in [0.15, 0.2) is 10.7 Å². The highest BCUT2D eigenvalue weighted by molar-refractivity contribution is 5.07. The topological polar surface area (TPSA) is 58.3 Å². The Labute approximate surface area is 70.6 Å². The van der Waals surface area contributed by atoms with Crippen molar-refractivity contribution in [3.63, 3.8) is 0 Å². The SMILES string of the molecule is Cc1nc(C2NCCC2O)co1. The van der Waals surface area contributed by atoms with Gasteiger partial charge in [-0.05, 0) is 13.0 Å². The molecule has 2 atom stereocenters. The molecule has 4 heteroatoms. The Balaban J connectivity index is 2.19. The fourth-order valence-electron chi connectivity index (χ4n) is 1.51. The van der Waals surface area contributed by atoms with E-state index in [1.807, 2.05) is 0 Å². The summed E-state index contributed by atoms with van der Waals surface area (Å²) in [5.41, 5.74) is 0.803. The minimum absolute atomic E-state index is 0.0394. The summed E-state index contributed by atoms with van der Waals surface area (Å²) in [6.07, 6.45) is 2.06. The molecule has 2 unspecified atom stereocenters. The maximum Gasteiger partial charge on any atom is 0.191 e. The van der Waals surface area contributed by atoms with Crippen LogP contribution in [0, 0.1) is 6.92 Å². The third-order valence-corrected chi connectivity index (χ3v) is 2.14. The number of oxazole rings is 1. The first-order chi connectivity index (χ1) is 5.77. The molecule has 0 amide bonds. The smallest absolute Gasteiger partial charge is 0.191 e. The van der Waals surface area contributed by atoms with Crippen molar-refractivity contribution < 1.29 is 9.52 Å². The van der Waals surface area contributed by atoms with E-state index in [9.17, 15) is 5.11 Å². The first-order valence-electron chi connectivity index (χ1n) is 4.11. The number of rotatable bonds is 1. The van der Waals surface area contributed by atoms with Gasteiger partial charge in [-0.15, -0.1) is 0 Å². The van der Waals surface area contributed by atoms with Gasteiger partial charge in [0.2, 0.25) is 0 Å². The molecule has 1 saturated heterocycles. The van der Waals surface area contributed by atoms with Crippen LogP contribution in [0.4, 0.5) is 0 Å². The van der Waals surface area contributed by atoms with E-state index >= 15 is 0 Å². The minimum Gasteiger partial charge on any atom is -0.449 e. The molecule has 1 aliphatic rings. The van der Waals surface area contributed by atoms with Crippen LogP contribution in [0.2, 0.25) is 0 Å². The summed E-state index contributed by atoms with van der Waals surface area (Å²) < 4.78 is 5.06. The fourth-order valence-corrected chi connectivity index (χ4v) is 1.51. The number of aromatic nitrogens is 1. The highest BCUT2D eigenvalue weighted by Gasteiger charge is 2.28. The van der Waals surface area contributed by atoms with Gasteiger partial charge in [0.15, 0.2) is 5.89 Å². The lowest BCUT2D eigenvalue weighted by atomic mass is 10.1. The van der Waals surface area contributed by atoms with Crippen LogP contribution >= 0.6 is 0 Å². The second-order valence-electron chi connectivity index (χ2n) is 3.08. The molecule has 2 rings (SSSR count). The Bertz CT molecular complexity index is 272. The summed E-state index contributed by atoms with van der Waals surface area (Å²) in [4.78, 5) is 4.15. The number of nitrogens with one attached hydrogen (secondary N) is 1. The highest BCUT2D eigenvalue weighted by atomic mass is 16.3. The summed E-state index contributed by atoms with van der Waals surface area (Å²) in [6, 6.07) is -0.0394. The van der Waals surface area contributed by atoms with Crippen molar-refractivity contribution in [2.45, 2.75) is 25.5 Å². The van der Waals surface area contributed by atoms with Gasteiger partial charge in [0.1, 0.15) is 6.26 Å². The van der Waals surface area contributed by atoms with Crippen LogP contribution in [0.3, 0.4) is 0 Å². The maximum absolute atomic E-state index is 9.51. The molecular formula is C8H12N2O2. The molecule has 2 N–H and O–H groups in total. The fraction of sp³-hybridized carbons (Fsp3) is 0.625. The Morgan fingerprint density at radius 2 is 2.58 bits per heavy atom. The first-order valence-corrected chi connectivity index (χ1v) is 4.11. The summed E-state index contributed by atoms with van der Waals surface area (Å²) in [5, 5.41) is 12.7. The Kier molecular flexibility index (Phi) is 1.86. The number of nitrogens with zero attached hydrogens (tertiary/aromatic N) is 1. The third-order valence-electron chi connectivity index (χ3n) is 2.14. The van der Waals surface area contributed by atoms with Gasteiger partial charge in [0.05, 0.1) is 17.8 Å². The number of aliphatic hydroxyl groups excluding tert-OH is 1. The van der Waals surface area contributed by atoms with Crippen molar-refractivity contribution in [3.8, 4) is 0 Å². The average Bonchev–Trinajstić information content (AvgIpc) is 2.58. The number of aliphatic hydroxyl groups is 1. The summed E-state index contributed by atoms with van der Waals surface area (Å²) in [7, 11) is 0. The Morgan fingerprint density at radius 3 is 3.08 bits per heavy atom. The molecule has 1 aromatic rings. The van der Waals surface area contributed by atoms with Crippen LogP contribution in [0.25, 0.3) is 0 Å². The van der Waals surface area contributed by atoms with E-state index in [0.717, 1.165) is 18.7 Å². The van der Waals surface area contributed by atoms with E-state index in [1.54, 1.807) is 13.2 Å². The minimum atomic E-state index is -0.325. The standard InChI is InChI=1S/C8H12N2O2/c1-5-10-6(4-12-5)8-7(11)2-3-9-8/h4,7-9,11H,2-3H2,1H3. The van der Waals surface area contributed by atoms with Crippen LogP contribution in [0.5, 0.6) is 0 Å². The van der Waals surface area contributed by atoms with E-state index in [4.69, 9.17) is 4.42 Å². The van der Waals surface area contributed by atoms with Gasteiger partial charge in [-0.25, -0.2) is 4.98 Å². The number of hydrogen-bond donors (Lipinski definition) is 2. The van der Waals surface area contributed by atoms with E-state index in [-0.39, 0.29) is 12.1 Å². The molecule has 0 aromatic carbocycles. The van der Waals surface area contributed by atoms with Gasteiger partial charge < -0.3 is 14.8 Å². The van der Waals surface area contributed by atoms with Gasteiger partial charge in [-0.2, -0.15) is 0 Å². The van der Waals surface area contributed by atoms with Crippen molar-refractivity contribution in [1.82, 2.24) is 10.3 Å². The molecular weight excluding hydrogens is 156 g/mol. The number of hydrogen-bond acceptors (Lipinski definition) is 4. The van der Waals surface area contributed by atoms with Crippen molar-refractivity contribution in [2.24, 2.45) is 0 Å². The van der Waals surface area contributed by atoms with Gasteiger partial charge in [0, 0.05) is 6.92 Å². The van der Waals surface area contributed by atoms with Crippen molar-refractivity contribution >= 4 is 0 Å². The zero-order chi connectivity index (χ0) is 8.55. The normalized spacial score (nSPS) is 29.5. The molecule has 1 aliphatic heterocycles. The third kappa shape index (κ3) is 1.23. The number of aryl methyl sites for hydroxylation is 1. The Hall–Kier alpha value is -0.870. The van der Waals surface area contributed by atoms with Gasteiger partial charge in [-0.1, -0.05) is 0 Å². The lowest BCUT2D eigenvalue weighted by molar-refractivity contribution is 0.158. The van der Waals surface area contributed by atoms with E-state index < -0.39 is 0 Å². The molecule has 4 nitrogen and oxygen atoms in total. The second-order valence-corrected chi connectivity index (χ2v) is 3.08. The molecule has 1 aromatic heterocycles. The van der Waals surface area contributed by atoms with Crippen LogP contribution in [0.1, 0.15) is 24.0 Å².